The highest BCUT2D eigenvalue weighted by molar-refractivity contribution is 7.03. The maximum absolute atomic E-state index is 5.56. The molecule has 1 aromatic rings. The van der Waals surface area contributed by atoms with Gasteiger partial charge in [-0.25, -0.2) is 0 Å². The molecule has 0 aliphatic carbocycles. The first-order valence-corrected chi connectivity index (χ1v) is 4.14. The molecule has 1 aromatic heterocycles. The Morgan fingerprint density at radius 1 is 1.80 bits per heavy atom. The fraction of sp³-hybridized carbons (Fsp3) is 0.667. The molecule has 0 fully saturated rings. The van der Waals surface area contributed by atoms with E-state index in [4.69, 9.17) is 5.73 Å². The zero-order chi connectivity index (χ0) is 7.40. The second-order valence-electron chi connectivity index (χ2n) is 2.41. The van der Waals surface area contributed by atoms with Crippen molar-refractivity contribution in [2.45, 2.75) is 25.8 Å². The second kappa shape index (κ2) is 3.63. The highest BCUT2D eigenvalue weighted by Gasteiger charge is 1.98. The zero-order valence-electron chi connectivity index (χ0n) is 5.95. The summed E-state index contributed by atoms with van der Waals surface area (Å²) in [7, 11) is 0. The molecule has 0 radical (unpaired) electrons. The molecule has 0 aliphatic rings. The summed E-state index contributed by atoms with van der Waals surface area (Å²) in [5.74, 6) is 0. The van der Waals surface area contributed by atoms with Crippen LogP contribution in [-0.4, -0.2) is 15.6 Å². The Bertz CT molecular complexity index is 171. The predicted molar refractivity (Wildman–Crippen MR) is 41.9 cm³/mol. The first kappa shape index (κ1) is 7.63. The highest BCUT2D eigenvalue weighted by atomic mass is 32.1. The molecular weight excluding hydrogens is 146 g/mol. The van der Waals surface area contributed by atoms with Crippen LogP contribution in [0.5, 0.6) is 0 Å². The minimum absolute atomic E-state index is 0.265. The largest absolute Gasteiger partial charge is 0.328 e. The SMILES string of the molecule is C[C@H](N)CCc1csnn1. The minimum atomic E-state index is 0.265. The summed E-state index contributed by atoms with van der Waals surface area (Å²) in [5, 5.41) is 5.86. The van der Waals surface area contributed by atoms with Crippen LogP contribution in [0.1, 0.15) is 19.0 Å². The van der Waals surface area contributed by atoms with Gasteiger partial charge in [0.05, 0.1) is 5.69 Å². The van der Waals surface area contributed by atoms with Crippen LogP contribution in [0.4, 0.5) is 0 Å². The van der Waals surface area contributed by atoms with Crippen LogP contribution >= 0.6 is 11.5 Å². The molecule has 0 amide bonds. The standard InChI is InChI=1S/C6H11N3S/c1-5(7)2-3-6-4-10-9-8-6/h4-5H,2-3,7H2,1H3/t5-/m0/s1. The lowest BCUT2D eigenvalue weighted by Crippen LogP contribution is -2.15. The maximum atomic E-state index is 5.56. The maximum Gasteiger partial charge on any atom is 0.0756 e. The molecule has 0 aliphatic heterocycles. The third kappa shape index (κ3) is 2.41. The van der Waals surface area contributed by atoms with Gasteiger partial charge in [-0.05, 0) is 31.3 Å². The number of aryl methyl sites for hydroxylation is 1. The van der Waals surface area contributed by atoms with Gasteiger partial charge in [-0.1, -0.05) is 4.49 Å². The number of rotatable bonds is 3. The van der Waals surface area contributed by atoms with E-state index in [0.29, 0.717) is 0 Å². The lowest BCUT2D eigenvalue weighted by Gasteiger charge is -1.99. The van der Waals surface area contributed by atoms with Crippen molar-refractivity contribution in [2.24, 2.45) is 5.73 Å². The molecule has 1 rings (SSSR count). The van der Waals surface area contributed by atoms with Gasteiger partial charge in [0.15, 0.2) is 0 Å². The quantitative estimate of drug-likeness (QED) is 0.706. The summed E-state index contributed by atoms with van der Waals surface area (Å²) >= 11 is 1.39. The molecule has 0 saturated heterocycles. The van der Waals surface area contributed by atoms with Crippen LogP contribution in [0.2, 0.25) is 0 Å². The van der Waals surface area contributed by atoms with Gasteiger partial charge < -0.3 is 5.73 Å². The molecule has 0 aromatic carbocycles. The van der Waals surface area contributed by atoms with Crippen LogP contribution in [0, 0.1) is 0 Å². The van der Waals surface area contributed by atoms with Crippen LogP contribution < -0.4 is 5.73 Å². The molecule has 3 nitrogen and oxygen atoms in total. The van der Waals surface area contributed by atoms with Gasteiger partial charge in [0.2, 0.25) is 0 Å². The molecule has 4 heteroatoms. The van der Waals surface area contributed by atoms with Crippen molar-refractivity contribution in [1.82, 2.24) is 9.59 Å². The zero-order valence-corrected chi connectivity index (χ0v) is 6.77. The molecule has 0 saturated carbocycles. The van der Waals surface area contributed by atoms with Crippen LogP contribution in [-0.2, 0) is 6.42 Å². The van der Waals surface area contributed by atoms with Gasteiger partial charge in [-0.15, -0.1) is 5.10 Å². The average Bonchev–Trinajstić information content (AvgIpc) is 2.34. The van der Waals surface area contributed by atoms with E-state index in [1.807, 2.05) is 12.3 Å². The van der Waals surface area contributed by atoms with Gasteiger partial charge in [0.1, 0.15) is 0 Å². The van der Waals surface area contributed by atoms with Gasteiger partial charge in [0.25, 0.3) is 0 Å². The van der Waals surface area contributed by atoms with Crippen LogP contribution in [0.25, 0.3) is 0 Å². The Hall–Kier alpha value is -0.480. The van der Waals surface area contributed by atoms with E-state index in [2.05, 4.69) is 9.59 Å². The van der Waals surface area contributed by atoms with E-state index in [1.165, 1.54) is 11.5 Å². The Morgan fingerprint density at radius 2 is 2.60 bits per heavy atom. The van der Waals surface area contributed by atoms with E-state index in [-0.39, 0.29) is 6.04 Å². The Balaban J connectivity index is 2.28. The molecule has 0 unspecified atom stereocenters. The van der Waals surface area contributed by atoms with Crippen LogP contribution in [0.3, 0.4) is 0 Å². The van der Waals surface area contributed by atoms with Crippen molar-refractivity contribution in [3.8, 4) is 0 Å². The molecule has 2 N–H and O–H groups in total. The topological polar surface area (TPSA) is 51.8 Å². The summed E-state index contributed by atoms with van der Waals surface area (Å²) in [6.07, 6.45) is 1.94. The van der Waals surface area contributed by atoms with Crippen molar-refractivity contribution < 1.29 is 0 Å². The Kier molecular flexibility index (Phi) is 2.77. The molecule has 1 heterocycles. The summed E-state index contributed by atoms with van der Waals surface area (Å²) < 4.78 is 3.75. The summed E-state index contributed by atoms with van der Waals surface area (Å²) in [6.45, 7) is 2.00. The molecular formula is C6H11N3S. The Morgan fingerprint density at radius 3 is 3.10 bits per heavy atom. The molecule has 0 bridgehead atoms. The summed E-state index contributed by atoms with van der Waals surface area (Å²) in [5.41, 5.74) is 6.62. The third-order valence-electron chi connectivity index (χ3n) is 1.26. The smallest absolute Gasteiger partial charge is 0.0756 e. The number of hydrogen-bond acceptors (Lipinski definition) is 4. The van der Waals surface area contributed by atoms with E-state index in [9.17, 15) is 0 Å². The predicted octanol–water partition coefficient (Wildman–Crippen LogP) is 0.818. The van der Waals surface area contributed by atoms with Gasteiger partial charge >= 0.3 is 0 Å². The summed E-state index contributed by atoms with van der Waals surface area (Å²) in [6, 6.07) is 0.265. The molecule has 1 atom stereocenters. The van der Waals surface area contributed by atoms with Crippen molar-refractivity contribution >= 4 is 11.5 Å². The van der Waals surface area contributed by atoms with Gasteiger partial charge in [-0.2, -0.15) is 0 Å². The van der Waals surface area contributed by atoms with Crippen molar-refractivity contribution in [3.05, 3.63) is 11.1 Å². The van der Waals surface area contributed by atoms with Gasteiger partial charge in [0, 0.05) is 11.4 Å². The second-order valence-corrected chi connectivity index (χ2v) is 3.02. The normalized spacial score (nSPS) is 13.4. The first-order chi connectivity index (χ1) is 4.79. The fourth-order valence-corrected chi connectivity index (χ4v) is 1.15. The first-order valence-electron chi connectivity index (χ1n) is 3.30. The molecule has 10 heavy (non-hydrogen) atoms. The molecule has 0 spiro atoms. The van der Waals surface area contributed by atoms with Gasteiger partial charge in [-0.3, -0.25) is 0 Å². The fourth-order valence-electron chi connectivity index (χ4n) is 0.668. The average molecular weight is 157 g/mol. The van der Waals surface area contributed by atoms with E-state index in [0.717, 1.165) is 18.5 Å². The van der Waals surface area contributed by atoms with Crippen molar-refractivity contribution in [3.63, 3.8) is 0 Å². The van der Waals surface area contributed by atoms with E-state index < -0.39 is 0 Å². The van der Waals surface area contributed by atoms with E-state index in [1.54, 1.807) is 0 Å². The number of nitrogens with zero attached hydrogens (tertiary/aromatic N) is 2. The minimum Gasteiger partial charge on any atom is -0.328 e. The van der Waals surface area contributed by atoms with Crippen molar-refractivity contribution in [2.75, 3.05) is 0 Å². The van der Waals surface area contributed by atoms with E-state index >= 15 is 0 Å². The highest BCUT2D eigenvalue weighted by Crippen LogP contribution is 2.01. The number of aromatic nitrogens is 2. The number of hydrogen-bond donors (Lipinski definition) is 1. The molecule has 56 valence electrons. The lowest BCUT2D eigenvalue weighted by molar-refractivity contribution is 0.657. The van der Waals surface area contributed by atoms with Crippen LogP contribution in [0.15, 0.2) is 5.38 Å². The number of nitrogens with two attached hydrogens (primary N) is 1. The lowest BCUT2D eigenvalue weighted by atomic mass is 10.2. The Labute approximate surface area is 64.4 Å². The van der Waals surface area contributed by atoms with Crippen molar-refractivity contribution in [1.29, 1.82) is 0 Å². The summed E-state index contributed by atoms with van der Waals surface area (Å²) in [4.78, 5) is 0. The third-order valence-corrected chi connectivity index (χ3v) is 1.81. The monoisotopic (exact) mass is 157 g/mol.